The number of hydrogen-bond donors (Lipinski definition) is 0. The quantitative estimate of drug-likeness (QED) is 0.596. The maximum atomic E-state index is 2.38. The van der Waals surface area contributed by atoms with Gasteiger partial charge in [0.2, 0.25) is 0 Å². The van der Waals surface area contributed by atoms with E-state index in [-0.39, 0.29) is 0 Å². The van der Waals surface area contributed by atoms with Crippen molar-refractivity contribution in [2.75, 3.05) is 0 Å². The fourth-order valence-electron chi connectivity index (χ4n) is 0. The van der Waals surface area contributed by atoms with Crippen LogP contribution < -0.4 is 0 Å². The zero-order valence-electron chi connectivity index (χ0n) is 7.15. The topological polar surface area (TPSA) is 0 Å². The van der Waals surface area contributed by atoms with E-state index < -0.39 is 37.7 Å². The molecular formula is C6H18GaIn. The molecule has 0 radical (unpaired) electrons. The average Bonchev–Trinajstić information content (AvgIpc) is 1.25. The molecule has 0 unspecified atom stereocenters. The average molecular weight is 275 g/mol. The van der Waals surface area contributed by atoms with Crippen molar-refractivity contribution in [1.82, 2.24) is 0 Å². The van der Waals surface area contributed by atoms with E-state index in [0.717, 1.165) is 0 Å². The van der Waals surface area contributed by atoms with Gasteiger partial charge in [0.05, 0.1) is 0 Å². The van der Waals surface area contributed by atoms with Crippen LogP contribution in [-0.2, 0) is 0 Å². The zero-order valence-corrected chi connectivity index (χ0v) is 12.9. The minimum atomic E-state index is -0.637. The maximum absolute atomic E-state index is 2.38. The van der Waals surface area contributed by atoms with E-state index in [4.69, 9.17) is 0 Å². The van der Waals surface area contributed by atoms with Crippen LogP contribution in [0.2, 0.25) is 30.5 Å². The summed E-state index contributed by atoms with van der Waals surface area (Å²) in [7, 11) is 0. The molecule has 0 bridgehead atoms. The molecule has 0 heterocycles. The van der Waals surface area contributed by atoms with Gasteiger partial charge in [-0.15, -0.1) is 0 Å². The van der Waals surface area contributed by atoms with Gasteiger partial charge in [-0.05, 0) is 0 Å². The van der Waals surface area contributed by atoms with E-state index >= 15 is 0 Å². The molecule has 48 valence electrons. The van der Waals surface area contributed by atoms with Gasteiger partial charge >= 0.3 is 68.1 Å². The first kappa shape index (κ1) is 12.2. The van der Waals surface area contributed by atoms with Gasteiger partial charge in [0.1, 0.15) is 0 Å². The number of rotatable bonds is 0. The first-order valence-electron chi connectivity index (χ1n) is 3.46. The predicted molar refractivity (Wildman–Crippen MR) is 46.7 cm³/mol. The molecule has 0 saturated heterocycles. The SMILES string of the molecule is [CH3][Ga]([CH3])[CH3].[CH3][In]([CH3])[CH3]. The molecule has 2 heteroatoms. The van der Waals surface area contributed by atoms with Crippen LogP contribution >= 0.6 is 0 Å². The molecule has 0 aromatic carbocycles. The van der Waals surface area contributed by atoms with Gasteiger partial charge in [0.15, 0.2) is 0 Å². The molecule has 0 aliphatic rings. The van der Waals surface area contributed by atoms with E-state index in [1.165, 1.54) is 0 Å². The Labute approximate surface area is 67.6 Å². The third-order valence-corrected chi connectivity index (χ3v) is 0. The van der Waals surface area contributed by atoms with Crippen molar-refractivity contribution < 1.29 is 0 Å². The molecule has 0 rings (SSSR count). The third-order valence-electron chi connectivity index (χ3n) is 0. The van der Waals surface area contributed by atoms with Crippen LogP contribution in [0.5, 0.6) is 0 Å². The monoisotopic (exact) mass is 274 g/mol. The van der Waals surface area contributed by atoms with Crippen LogP contribution in [0.15, 0.2) is 0 Å². The van der Waals surface area contributed by atoms with Gasteiger partial charge < -0.3 is 0 Å². The van der Waals surface area contributed by atoms with Crippen LogP contribution in [-0.4, -0.2) is 37.7 Å². The van der Waals surface area contributed by atoms with Crippen molar-refractivity contribution in [2.45, 2.75) is 30.5 Å². The summed E-state index contributed by atoms with van der Waals surface area (Å²) < 4.78 is 7.13. The fourth-order valence-corrected chi connectivity index (χ4v) is 0. The van der Waals surface area contributed by atoms with Crippen molar-refractivity contribution in [3.63, 3.8) is 0 Å². The minimum absolute atomic E-state index is 0.479. The second kappa shape index (κ2) is 8.51. The molecule has 0 fully saturated rings. The molecule has 0 saturated carbocycles. The fraction of sp³-hybridized carbons (Fsp3) is 1.00. The van der Waals surface area contributed by atoms with Crippen LogP contribution in [0.4, 0.5) is 0 Å². The van der Waals surface area contributed by atoms with Crippen molar-refractivity contribution in [3.05, 3.63) is 0 Å². The summed E-state index contributed by atoms with van der Waals surface area (Å²) in [4.78, 5) is 0. The van der Waals surface area contributed by atoms with Crippen molar-refractivity contribution >= 4 is 37.7 Å². The van der Waals surface area contributed by atoms with Crippen LogP contribution in [0.25, 0.3) is 0 Å². The molecular weight excluding hydrogens is 257 g/mol. The molecule has 0 aliphatic heterocycles. The normalized spacial score (nSPS) is 6.75. The van der Waals surface area contributed by atoms with Gasteiger partial charge in [-0.25, -0.2) is 0 Å². The Hall–Kier alpha value is 1.51. The molecule has 0 N–H and O–H groups in total. The molecule has 0 atom stereocenters. The molecule has 0 spiro atoms. The molecule has 8 heavy (non-hydrogen) atoms. The van der Waals surface area contributed by atoms with Gasteiger partial charge in [-0.1, -0.05) is 0 Å². The Kier molecular flexibility index (Phi) is 13.0. The van der Waals surface area contributed by atoms with Gasteiger partial charge in [0, 0.05) is 0 Å². The summed E-state index contributed by atoms with van der Waals surface area (Å²) in [5, 5.41) is 0. The molecule has 0 amide bonds. The molecule has 0 aromatic rings. The summed E-state index contributed by atoms with van der Waals surface area (Å²) in [6.45, 7) is 0. The Balaban J connectivity index is 0. The Morgan fingerprint density at radius 1 is 0.875 bits per heavy atom. The first-order valence-corrected chi connectivity index (χ1v) is 20.6. The second-order valence-electron chi connectivity index (χ2n) is 3.46. The van der Waals surface area contributed by atoms with E-state index in [2.05, 4.69) is 30.5 Å². The van der Waals surface area contributed by atoms with E-state index in [9.17, 15) is 0 Å². The van der Waals surface area contributed by atoms with Crippen LogP contribution in [0.1, 0.15) is 0 Å². The van der Waals surface area contributed by atoms with E-state index in [1.54, 1.807) is 0 Å². The summed E-state index contributed by atoms with van der Waals surface area (Å²) in [5.74, 6) is 0. The van der Waals surface area contributed by atoms with Crippen molar-refractivity contribution in [1.29, 1.82) is 0 Å². The van der Waals surface area contributed by atoms with Crippen LogP contribution in [0, 0.1) is 0 Å². The zero-order chi connectivity index (χ0) is 7.15. The molecule has 0 aliphatic carbocycles. The number of hydrogen-bond acceptors (Lipinski definition) is 0. The van der Waals surface area contributed by atoms with Gasteiger partial charge in [-0.3, -0.25) is 0 Å². The van der Waals surface area contributed by atoms with Gasteiger partial charge in [-0.2, -0.15) is 0 Å². The predicted octanol–water partition coefficient (Wildman–Crippen LogP) is 2.74. The summed E-state index contributed by atoms with van der Waals surface area (Å²) >= 11 is -1.12. The van der Waals surface area contributed by atoms with Crippen molar-refractivity contribution in [3.8, 4) is 0 Å². The van der Waals surface area contributed by atoms with Crippen molar-refractivity contribution in [2.24, 2.45) is 0 Å². The summed E-state index contributed by atoms with van der Waals surface area (Å²) in [6.07, 6.45) is 0. The molecule has 0 nitrogen and oxygen atoms in total. The Morgan fingerprint density at radius 3 is 0.875 bits per heavy atom. The van der Waals surface area contributed by atoms with Gasteiger partial charge in [0.25, 0.3) is 0 Å². The summed E-state index contributed by atoms with van der Waals surface area (Å²) in [5.41, 5.74) is 7.06. The summed E-state index contributed by atoms with van der Waals surface area (Å²) in [6, 6.07) is 0. The van der Waals surface area contributed by atoms with E-state index in [1.807, 2.05) is 0 Å². The standard InChI is InChI=1S/6CH3.Ga.In/h6*1H3;;. The Morgan fingerprint density at radius 2 is 0.875 bits per heavy atom. The molecule has 0 aromatic heterocycles. The second-order valence-corrected chi connectivity index (χ2v) is 20.6. The van der Waals surface area contributed by atoms with Crippen LogP contribution in [0.3, 0.4) is 0 Å². The van der Waals surface area contributed by atoms with E-state index in [0.29, 0.717) is 0 Å². The third kappa shape index (κ3) is 140. The Bertz CT molecular complexity index is 24.0. The first-order chi connectivity index (χ1) is 3.46.